The van der Waals surface area contributed by atoms with Crippen LogP contribution >= 0.6 is 11.6 Å². The Labute approximate surface area is 83.1 Å². The molecule has 0 spiro atoms. The SMILES string of the molecule is O=C(O)Nc1cc(Cl)c2nncn2c1. The Balaban J connectivity index is 2.53. The van der Waals surface area contributed by atoms with E-state index in [0.717, 1.165) is 0 Å². The quantitative estimate of drug-likeness (QED) is 0.750. The molecule has 1 amide bonds. The van der Waals surface area contributed by atoms with Gasteiger partial charge in [0.1, 0.15) is 6.33 Å². The summed E-state index contributed by atoms with van der Waals surface area (Å²) >= 11 is 5.83. The monoisotopic (exact) mass is 212 g/mol. The van der Waals surface area contributed by atoms with E-state index in [4.69, 9.17) is 16.7 Å². The van der Waals surface area contributed by atoms with Gasteiger partial charge in [-0.25, -0.2) is 4.79 Å². The Kier molecular flexibility index (Phi) is 1.97. The summed E-state index contributed by atoms with van der Waals surface area (Å²) in [6.07, 6.45) is 1.83. The van der Waals surface area contributed by atoms with Crippen molar-refractivity contribution >= 4 is 29.0 Å². The number of pyridine rings is 1. The summed E-state index contributed by atoms with van der Waals surface area (Å²) in [5, 5.41) is 18.4. The Morgan fingerprint density at radius 2 is 2.43 bits per heavy atom. The number of anilines is 1. The van der Waals surface area contributed by atoms with Crippen LogP contribution < -0.4 is 5.32 Å². The van der Waals surface area contributed by atoms with E-state index < -0.39 is 6.09 Å². The van der Waals surface area contributed by atoms with Gasteiger partial charge in [0.15, 0.2) is 5.65 Å². The number of hydrogen-bond acceptors (Lipinski definition) is 3. The van der Waals surface area contributed by atoms with Gasteiger partial charge in [0, 0.05) is 6.20 Å². The number of fused-ring (bicyclic) bond motifs is 1. The Morgan fingerprint density at radius 3 is 3.14 bits per heavy atom. The van der Waals surface area contributed by atoms with E-state index in [1.54, 1.807) is 0 Å². The molecule has 0 bridgehead atoms. The van der Waals surface area contributed by atoms with Gasteiger partial charge in [-0.15, -0.1) is 10.2 Å². The van der Waals surface area contributed by atoms with Crippen LogP contribution in [0.4, 0.5) is 10.5 Å². The lowest BCUT2D eigenvalue weighted by atomic mass is 10.4. The van der Waals surface area contributed by atoms with Gasteiger partial charge in [-0.05, 0) is 6.07 Å². The minimum Gasteiger partial charge on any atom is -0.465 e. The van der Waals surface area contributed by atoms with Gasteiger partial charge in [0.2, 0.25) is 0 Å². The Bertz CT molecular complexity index is 495. The maximum absolute atomic E-state index is 10.4. The summed E-state index contributed by atoms with van der Waals surface area (Å²) in [4.78, 5) is 10.4. The molecule has 14 heavy (non-hydrogen) atoms. The standard InChI is InChI=1S/C7H5ClN4O2/c8-5-1-4(10-7(13)14)2-12-3-9-11-6(5)12/h1-3,10H,(H,13,14). The summed E-state index contributed by atoms with van der Waals surface area (Å²) in [5.41, 5.74) is 0.859. The van der Waals surface area contributed by atoms with Crippen molar-refractivity contribution < 1.29 is 9.90 Å². The first kappa shape index (κ1) is 8.76. The topological polar surface area (TPSA) is 79.5 Å². The van der Waals surface area contributed by atoms with Crippen LogP contribution in [-0.2, 0) is 0 Å². The van der Waals surface area contributed by atoms with Crippen molar-refractivity contribution in [3.05, 3.63) is 23.6 Å². The molecule has 0 unspecified atom stereocenters. The van der Waals surface area contributed by atoms with Crippen molar-refractivity contribution in [1.82, 2.24) is 14.6 Å². The summed E-state index contributed by atoms with van der Waals surface area (Å²) in [6, 6.07) is 1.47. The first-order valence-corrected chi connectivity index (χ1v) is 4.03. The van der Waals surface area contributed by atoms with Gasteiger partial charge in [-0.1, -0.05) is 11.6 Å². The predicted molar refractivity (Wildman–Crippen MR) is 49.6 cm³/mol. The fourth-order valence-electron chi connectivity index (χ4n) is 1.09. The van der Waals surface area contributed by atoms with Crippen molar-refractivity contribution in [2.75, 3.05) is 5.32 Å². The second kappa shape index (κ2) is 3.15. The molecule has 0 saturated carbocycles. The Hall–Kier alpha value is -1.82. The molecule has 6 nitrogen and oxygen atoms in total. The van der Waals surface area contributed by atoms with Crippen LogP contribution in [0.5, 0.6) is 0 Å². The van der Waals surface area contributed by atoms with Gasteiger partial charge in [-0.2, -0.15) is 0 Å². The largest absolute Gasteiger partial charge is 0.465 e. The number of nitrogens with zero attached hydrogens (tertiary/aromatic N) is 3. The summed E-state index contributed by atoms with van der Waals surface area (Å²) < 4.78 is 1.54. The summed E-state index contributed by atoms with van der Waals surface area (Å²) in [5.74, 6) is 0. The minimum atomic E-state index is -1.14. The van der Waals surface area contributed by atoms with Gasteiger partial charge in [0.05, 0.1) is 10.7 Å². The van der Waals surface area contributed by atoms with Crippen molar-refractivity contribution in [3.63, 3.8) is 0 Å². The van der Waals surface area contributed by atoms with Crippen LogP contribution in [0.1, 0.15) is 0 Å². The molecular weight excluding hydrogens is 208 g/mol. The summed E-state index contributed by atoms with van der Waals surface area (Å²) in [6.45, 7) is 0. The zero-order valence-electron chi connectivity index (χ0n) is 6.81. The molecule has 0 aliphatic carbocycles. The third kappa shape index (κ3) is 1.47. The lowest BCUT2D eigenvalue weighted by Gasteiger charge is -2.02. The van der Waals surface area contributed by atoms with Gasteiger partial charge in [0.25, 0.3) is 0 Å². The van der Waals surface area contributed by atoms with Crippen molar-refractivity contribution in [3.8, 4) is 0 Å². The fourth-order valence-corrected chi connectivity index (χ4v) is 1.34. The molecule has 7 heteroatoms. The highest BCUT2D eigenvalue weighted by atomic mass is 35.5. The van der Waals surface area contributed by atoms with Crippen LogP contribution in [0.15, 0.2) is 18.6 Å². The van der Waals surface area contributed by atoms with Crippen LogP contribution in [0.25, 0.3) is 5.65 Å². The van der Waals surface area contributed by atoms with Gasteiger partial charge < -0.3 is 5.11 Å². The van der Waals surface area contributed by atoms with E-state index >= 15 is 0 Å². The molecule has 2 heterocycles. The van der Waals surface area contributed by atoms with E-state index in [1.165, 1.54) is 23.0 Å². The fraction of sp³-hybridized carbons (Fsp3) is 0. The van der Waals surface area contributed by atoms with Crippen LogP contribution in [0.2, 0.25) is 5.02 Å². The van der Waals surface area contributed by atoms with E-state index in [-0.39, 0.29) is 0 Å². The molecule has 2 rings (SSSR count). The number of halogens is 1. The highest BCUT2D eigenvalue weighted by Crippen LogP contribution is 2.19. The average Bonchev–Trinajstić information content (AvgIpc) is 2.50. The maximum Gasteiger partial charge on any atom is 0.409 e. The van der Waals surface area contributed by atoms with Crippen LogP contribution in [-0.4, -0.2) is 25.8 Å². The minimum absolute atomic E-state index is 0.341. The highest BCUT2D eigenvalue weighted by Gasteiger charge is 2.05. The number of carbonyl (C=O) groups is 1. The molecule has 2 N–H and O–H groups in total. The third-order valence-electron chi connectivity index (χ3n) is 1.60. The summed E-state index contributed by atoms with van der Waals surface area (Å²) in [7, 11) is 0. The zero-order chi connectivity index (χ0) is 10.1. The zero-order valence-corrected chi connectivity index (χ0v) is 7.56. The molecule has 0 saturated heterocycles. The smallest absolute Gasteiger partial charge is 0.409 e. The first-order chi connectivity index (χ1) is 6.66. The number of rotatable bonds is 1. The normalized spacial score (nSPS) is 10.4. The molecule has 0 radical (unpaired) electrons. The first-order valence-electron chi connectivity index (χ1n) is 3.65. The predicted octanol–water partition coefficient (Wildman–Crippen LogP) is 1.47. The van der Waals surface area contributed by atoms with Crippen LogP contribution in [0, 0.1) is 0 Å². The molecular formula is C7H5ClN4O2. The number of amides is 1. The number of nitrogens with one attached hydrogen (secondary N) is 1. The number of hydrogen-bond donors (Lipinski definition) is 2. The molecule has 2 aromatic rings. The van der Waals surface area contributed by atoms with E-state index in [9.17, 15) is 4.79 Å². The second-order valence-electron chi connectivity index (χ2n) is 2.57. The molecule has 0 atom stereocenters. The average molecular weight is 213 g/mol. The maximum atomic E-state index is 10.4. The lowest BCUT2D eigenvalue weighted by Crippen LogP contribution is -2.07. The number of carboxylic acid groups (broad SMARTS) is 1. The van der Waals surface area contributed by atoms with Gasteiger partial charge in [-0.3, -0.25) is 9.72 Å². The molecule has 0 aliphatic rings. The Morgan fingerprint density at radius 1 is 1.64 bits per heavy atom. The van der Waals surface area contributed by atoms with Crippen molar-refractivity contribution in [1.29, 1.82) is 0 Å². The molecule has 0 aliphatic heterocycles. The molecule has 2 aromatic heterocycles. The van der Waals surface area contributed by atoms with Gasteiger partial charge >= 0.3 is 6.09 Å². The van der Waals surface area contributed by atoms with E-state index in [2.05, 4.69) is 15.5 Å². The van der Waals surface area contributed by atoms with E-state index in [0.29, 0.717) is 16.4 Å². The van der Waals surface area contributed by atoms with Crippen molar-refractivity contribution in [2.24, 2.45) is 0 Å². The third-order valence-corrected chi connectivity index (χ3v) is 1.88. The second-order valence-corrected chi connectivity index (χ2v) is 2.98. The highest BCUT2D eigenvalue weighted by molar-refractivity contribution is 6.33. The molecule has 0 aromatic carbocycles. The van der Waals surface area contributed by atoms with Crippen LogP contribution in [0.3, 0.4) is 0 Å². The molecule has 0 fully saturated rings. The number of aromatic nitrogens is 3. The lowest BCUT2D eigenvalue weighted by molar-refractivity contribution is 0.209. The van der Waals surface area contributed by atoms with Crippen molar-refractivity contribution in [2.45, 2.75) is 0 Å². The molecule has 72 valence electrons. The van der Waals surface area contributed by atoms with E-state index in [1.807, 2.05) is 0 Å².